The number of carbonyl (C=O) groups is 1. The van der Waals surface area contributed by atoms with Crippen molar-refractivity contribution >= 4 is 5.97 Å². The summed E-state index contributed by atoms with van der Waals surface area (Å²) in [6.07, 6.45) is 0.369. The van der Waals surface area contributed by atoms with E-state index < -0.39 is 0 Å². The molecule has 1 aromatic rings. The van der Waals surface area contributed by atoms with Crippen molar-refractivity contribution in [1.29, 1.82) is 0 Å². The van der Waals surface area contributed by atoms with Crippen LogP contribution >= 0.6 is 0 Å². The summed E-state index contributed by atoms with van der Waals surface area (Å²) in [4.78, 5) is 11.4. The minimum atomic E-state index is -0.184. The van der Waals surface area contributed by atoms with Crippen LogP contribution in [0.5, 0.6) is 0 Å². The van der Waals surface area contributed by atoms with Crippen LogP contribution in [0, 0.1) is 13.8 Å². The van der Waals surface area contributed by atoms with Gasteiger partial charge in [-0.1, -0.05) is 30.7 Å². The molecule has 3 heteroatoms. The molecule has 0 aliphatic rings. The third kappa shape index (κ3) is 3.86. The van der Waals surface area contributed by atoms with E-state index in [9.17, 15) is 4.79 Å². The summed E-state index contributed by atoms with van der Waals surface area (Å²) in [6.45, 7) is 7.01. The Morgan fingerprint density at radius 1 is 1.41 bits per heavy atom. The summed E-state index contributed by atoms with van der Waals surface area (Å²) in [6, 6.07) is 6.33. The molecule has 0 aliphatic heterocycles. The quantitative estimate of drug-likeness (QED) is 0.797. The fourth-order valence-corrected chi connectivity index (χ4v) is 2.01. The Hall–Kier alpha value is -1.35. The van der Waals surface area contributed by atoms with Crippen LogP contribution in [0.2, 0.25) is 0 Å². The van der Waals surface area contributed by atoms with E-state index in [0.717, 1.165) is 6.54 Å². The molecule has 1 rings (SSSR count). The third-order valence-electron chi connectivity index (χ3n) is 2.85. The molecule has 3 nitrogen and oxygen atoms in total. The van der Waals surface area contributed by atoms with Gasteiger partial charge in [-0.2, -0.15) is 0 Å². The van der Waals surface area contributed by atoms with Gasteiger partial charge in [-0.05, 0) is 31.5 Å². The molecule has 0 aromatic heterocycles. The minimum Gasteiger partial charge on any atom is -0.469 e. The molecule has 17 heavy (non-hydrogen) atoms. The molecule has 94 valence electrons. The average Bonchev–Trinajstić information content (AvgIpc) is 2.28. The van der Waals surface area contributed by atoms with Crippen LogP contribution in [0.1, 0.15) is 36.1 Å². The van der Waals surface area contributed by atoms with Crippen LogP contribution in [-0.2, 0) is 9.53 Å². The lowest BCUT2D eigenvalue weighted by molar-refractivity contribution is -0.141. The van der Waals surface area contributed by atoms with Gasteiger partial charge in [0.25, 0.3) is 0 Å². The van der Waals surface area contributed by atoms with Crippen LogP contribution < -0.4 is 5.32 Å². The maximum atomic E-state index is 11.4. The number of rotatable bonds is 5. The van der Waals surface area contributed by atoms with Gasteiger partial charge in [-0.15, -0.1) is 0 Å². The third-order valence-corrected chi connectivity index (χ3v) is 2.85. The van der Waals surface area contributed by atoms with E-state index >= 15 is 0 Å². The largest absolute Gasteiger partial charge is 0.469 e. The van der Waals surface area contributed by atoms with Crippen LogP contribution in [0.15, 0.2) is 18.2 Å². The first-order chi connectivity index (χ1) is 8.08. The summed E-state index contributed by atoms with van der Waals surface area (Å²) < 4.78 is 4.73. The highest BCUT2D eigenvalue weighted by molar-refractivity contribution is 5.70. The molecule has 1 unspecified atom stereocenters. The van der Waals surface area contributed by atoms with Crippen molar-refractivity contribution in [1.82, 2.24) is 5.32 Å². The molecule has 0 radical (unpaired) electrons. The maximum absolute atomic E-state index is 11.4. The zero-order valence-corrected chi connectivity index (χ0v) is 11.0. The molecule has 0 amide bonds. The zero-order valence-electron chi connectivity index (χ0n) is 11.0. The van der Waals surface area contributed by atoms with E-state index in [1.807, 2.05) is 6.92 Å². The Bertz CT molecular complexity index is 388. The van der Waals surface area contributed by atoms with Gasteiger partial charge in [-0.3, -0.25) is 4.79 Å². The van der Waals surface area contributed by atoms with Gasteiger partial charge in [0.1, 0.15) is 0 Å². The van der Waals surface area contributed by atoms with Crippen molar-refractivity contribution in [3.63, 3.8) is 0 Å². The lowest BCUT2D eigenvalue weighted by Gasteiger charge is -2.19. The highest BCUT2D eigenvalue weighted by Gasteiger charge is 2.17. The highest BCUT2D eigenvalue weighted by atomic mass is 16.5. The van der Waals surface area contributed by atoms with Gasteiger partial charge >= 0.3 is 5.97 Å². The van der Waals surface area contributed by atoms with Crippen molar-refractivity contribution in [2.75, 3.05) is 13.7 Å². The number of aryl methyl sites for hydroxylation is 2. The average molecular weight is 235 g/mol. The van der Waals surface area contributed by atoms with Gasteiger partial charge in [0, 0.05) is 6.04 Å². The Morgan fingerprint density at radius 3 is 2.65 bits per heavy atom. The number of hydrogen-bond donors (Lipinski definition) is 1. The first-order valence-corrected chi connectivity index (χ1v) is 5.95. The highest BCUT2D eigenvalue weighted by Crippen LogP contribution is 2.22. The predicted molar refractivity (Wildman–Crippen MR) is 69.0 cm³/mol. The van der Waals surface area contributed by atoms with Crippen molar-refractivity contribution in [2.45, 2.75) is 33.2 Å². The molecular formula is C14H21NO2. The minimum absolute atomic E-state index is 0.0352. The van der Waals surface area contributed by atoms with E-state index in [1.54, 1.807) is 0 Å². The Balaban J connectivity index is 2.92. The molecule has 0 heterocycles. The van der Waals surface area contributed by atoms with Crippen molar-refractivity contribution in [3.8, 4) is 0 Å². The Labute approximate surface area is 103 Å². The molecule has 1 atom stereocenters. The van der Waals surface area contributed by atoms with Gasteiger partial charge in [0.05, 0.1) is 13.5 Å². The van der Waals surface area contributed by atoms with Gasteiger partial charge in [0.2, 0.25) is 0 Å². The van der Waals surface area contributed by atoms with Crippen LogP contribution in [0.4, 0.5) is 0 Å². The smallest absolute Gasteiger partial charge is 0.307 e. The lowest BCUT2D eigenvalue weighted by Crippen LogP contribution is -2.24. The number of esters is 1. The SMILES string of the molecule is CCNC(CC(=O)OC)c1ccc(C)cc1C. The van der Waals surface area contributed by atoms with E-state index in [-0.39, 0.29) is 12.0 Å². The maximum Gasteiger partial charge on any atom is 0.307 e. The molecule has 1 aromatic carbocycles. The number of hydrogen-bond acceptors (Lipinski definition) is 3. The number of ether oxygens (including phenoxy) is 1. The first-order valence-electron chi connectivity index (χ1n) is 5.95. The van der Waals surface area contributed by atoms with Crippen molar-refractivity contribution in [2.24, 2.45) is 0 Å². The van der Waals surface area contributed by atoms with Gasteiger partial charge in [0.15, 0.2) is 0 Å². The summed E-state index contributed by atoms with van der Waals surface area (Å²) >= 11 is 0. The molecular weight excluding hydrogens is 214 g/mol. The standard InChI is InChI=1S/C14H21NO2/c1-5-15-13(9-14(16)17-4)12-7-6-10(2)8-11(12)3/h6-8,13,15H,5,9H2,1-4H3. The number of carbonyl (C=O) groups excluding carboxylic acids is 1. The Morgan fingerprint density at radius 2 is 2.12 bits per heavy atom. The molecule has 1 N–H and O–H groups in total. The number of nitrogens with one attached hydrogen (secondary N) is 1. The molecule has 0 bridgehead atoms. The second kappa shape index (κ2) is 6.40. The number of benzene rings is 1. The molecule has 0 saturated carbocycles. The molecule has 0 aliphatic carbocycles. The molecule has 0 fully saturated rings. The molecule has 0 saturated heterocycles. The second-order valence-electron chi connectivity index (χ2n) is 4.25. The normalized spacial score (nSPS) is 12.2. The predicted octanol–water partition coefficient (Wildman–Crippen LogP) is 2.52. The first kappa shape index (κ1) is 13.7. The second-order valence-corrected chi connectivity index (χ2v) is 4.25. The Kier molecular flexibility index (Phi) is 5.16. The van der Waals surface area contributed by atoms with E-state index in [2.05, 4.69) is 37.4 Å². The van der Waals surface area contributed by atoms with Crippen LogP contribution in [-0.4, -0.2) is 19.6 Å². The summed E-state index contributed by atoms with van der Waals surface area (Å²) in [7, 11) is 1.42. The van der Waals surface area contributed by atoms with E-state index in [1.165, 1.54) is 23.8 Å². The van der Waals surface area contributed by atoms with Crippen LogP contribution in [0.3, 0.4) is 0 Å². The summed E-state index contributed by atoms with van der Waals surface area (Å²) in [5.41, 5.74) is 3.61. The topological polar surface area (TPSA) is 38.3 Å². The number of methoxy groups -OCH3 is 1. The lowest BCUT2D eigenvalue weighted by atomic mass is 9.97. The van der Waals surface area contributed by atoms with Gasteiger partial charge in [-0.25, -0.2) is 0 Å². The van der Waals surface area contributed by atoms with Gasteiger partial charge < -0.3 is 10.1 Å². The van der Waals surface area contributed by atoms with Crippen LogP contribution in [0.25, 0.3) is 0 Å². The summed E-state index contributed by atoms with van der Waals surface area (Å²) in [5, 5.41) is 3.32. The fourth-order valence-electron chi connectivity index (χ4n) is 2.01. The van der Waals surface area contributed by atoms with E-state index in [4.69, 9.17) is 4.74 Å². The monoisotopic (exact) mass is 235 g/mol. The van der Waals surface area contributed by atoms with Crippen molar-refractivity contribution < 1.29 is 9.53 Å². The van der Waals surface area contributed by atoms with Crippen molar-refractivity contribution in [3.05, 3.63) is 34.9 Å². The molecule has 0 spiro atoms. The summed E-state index contributed by atoms with van der Waals surface area (Å²) in [5.74, 6) is -0.184. The zero-order chi connectivity index (χ0) is 12.8. The fraction of sp³-hybridized carbons (Fsp3) is 0.500. The van der Waals surface area contributed by atoms with E-state index in [0.29, 0.717) is 6.42 Å².